The number of benzene rings is 1. The predicted octanol–water partition coefficient (Wildman–Crippen LogP) is 2.84. The average Bonchev–Trinajstić information content (AvgIpc) is 2.64. The Bertz CT molecular complexity index is 581. The summed E-state index contributed by atoms with van der Waals surface area (Å²) in [7, 11) is 3.21. The molecule has 0 fully saturated rings. The van der Waals surface area contributed by atoms with Gasteiger partial charge in [0.05, 0.1) is 14.2 Å². The lowest BCUT2D eigenvalue weighted by Gasteiger charge is -2.26. The van der Waals surface area contributed by atoms with Crippen molar-refractivity contribution in [2.75, 3.05) is 20.8 Å². The third kappa shape index (κ3) is 4.07. The van der Waals surface area contributed by atoms with E-state index in [0.717, 1.165) is 11.1 Å². The number of methoxy groups -OCH3 is 2. The van der Waals surface area contributed by atoms with Crippen molar-refractivity contribution in [3.8, 4) is 11.5 Å². The number of amides is 1. The molecule has 0 aliphatic carbocycles. The van der Waals surface area contributed by atoms with Crippen molar-refractivity contribution in [2.45, 2.75) is 45.4 Å². The molecule has 1 heterocycles. The summed E-state index contributed by atoms with van der Waals surface area (Å²) < 4.78 is 16.3. The Morgan fingerprint density at radius 2 is 1.96 bits per heavy atom. The predicted molar refractivity (Wildman–Crippen MR) is 87.7 cm³/mol. The number of nitrogens with two attached hydrogens (primary N) is 1. The second-order valence-corrected chi connectivity index (χ2v) is 6.70. The van der Waals surface area contributed by atoms with E-state index in [4.69, 9.17) is 19.9 Å². The van der Waals surface area contributed by atoms with E-state index in [9.17, 15) is 4.79 Å². The first-order valence-corrected chi connectivity index (χ1v) is 7.73. The summed E-state index contributed by atoms with van der Waals surface area (Å²) in [6.07, 6.45) is 0.314. The molecule has 0 spiro atoms. The monoisotopic (exact) mass is 322 g/mol. The van der Waals surface area contributed by atoms with Crippen molar-refractivity contribution in [3.63, 3.8) is 0 Å². The number of carbonyl (C=O) groups is 1. The maximum atomic E-state index is 12.4. The highest BCUT2D eigenvalue weighted by Crippen LogP contribution is 2.36. The molecule has 0 aromatic heterocycles. The van der Waals surface area contributed by atoms with Crippen LogP contribution < -0.4 is 15.2 Å². The van der Waals surface area contributed by atoms with E-state index in [-0.39, 0.29) is 12.1 Å². The third-order valence-corrected chi connectivity index (χ3v) is 3.75. The molecule has 0 bridgehead atoms. The Kier molecular flexibility index (Phi) is 5.04. The standard InChI is InChI=1S/C17H26N2O4/c1-17(2,3)23-16(20)19-7-6-13(18)15-11(10-19)8-12(21-4)9-14(15)22-5/h8-9,13H,6-7,10,18H2,1-5H3/t13-/m1/s1. The van der Waals surface area contributed by atoms with E-state index < -0.39 is 5.60 Å². The third-order valence-electron chi connectivity index (χ3n) is 3.75. The molecule has 6 nitrogen and oxygen atoms in total. The lowest BCUT2D eigenvalue weighted by Crippen LogP contribution is -2.36. The molecular formula is C17H26N2O4. The second kappa shape index (κ2) is 6.66. The number of ether oxygens (including phenoxy) is 3. The first-order chi connectivity index (χ1) is 10.7. The van der Waals surface area contributed by atoms with Gasteiger partial charge in [-0.3, -0.25) is 0 Å². The topological polar surface area (TPSA) is 74.0 Å². The molecule has 0 unspecified atom stereocenters. The summed E-state index contributed by atoms with van der Waals surface area (Å²) in [5.41, 5.74) is 7.63. The van der Waals surface area contributed by atoms with Gasteiger partial charge in [0.15, 0.2) is 0 Å². The van der Waals surface area contributed by atoms with E-state index in [2.05, 4.69) is 0 Å². The minimum atomic E-state index is -0.527. The number of carbonyl (C=O) groups excluding carboxylic acids is 1. The quantitative estimate of drug-likeness (QED) is 0.906. The highest BCUT2D eigenvalue weighted by molar-refractivity contribution is 5.68. The summed E-state index contributed by atoms with van der Waals surface area (Å²) in [6.45, 7) is 6.53. The van der Waals surface area contributed by atoms with E-state index >= 15 is 0 Å². The fourth-order valence-corrected chi connectivity index (χ4v) is 2.70. The van der Waals surface area contributed by atoms with Crippen LogP contribution in [0.25, 0.3) is 0 Å². The molecule has 2 N–H and O–H groups in total. The van der Waals surface area contributed by atoms with E-state index in [1.54, 1.807) is 19.1 Å². The van der Waals surface area contributed by atoms with Crippen LogP contribution in [0.4, 0.5) is 4.79 Å². The van der Waals surface area contributed by atoms with Crippen molar-refractivity contribution in [1.29, 1.82) is 0 Å². The Hall–Kier alpha value is -1.95. The van der Waals surface area contributed by atoms with Crippen LogP contribution in [0.3, 0.4) is 0 Å². The molecule has 1 atom stereocenters. The Balaban J connectivity index is 2.35. The number of fused-ring (bicyclic) bond motifs is 1. The highest BCUT2D eigenvalue weighted by Gasteiger charge is 2.29. The van der Waals surface area contributed by atoms with Crippen LogP contribution in [0.1, 0.15) is 44.4 Å². The molecule has 6 heteroatoms. The Morgan fingerprint density at radius 1 is 1.26 bits per heavy atom. The number of nitrogens with zero attached hydrogens (tertiary/aromatic N) is 1. The van der Waals surface area contributed by atoms with E-state index in [0.29, 0.717) is 31.0 Å². The van der Waals surface area contributed by atoms with Gasteiger partial charge in [0.1, 0.15) is 17.1 Å². The van der Waals surface area contributed by atoms with Crippen molar-refractivity contribution in [3.05, 3.63) is 23.3 Å². The summed E-state index contributed by atoms with van der Waals surface area (Å²) in [4.78, 5) is 14.1. The van der Waals surface area contributed by atoms with Gasteiger partial charge in [0.25, 0.3) is 0 Å². The van der Waals surface area contributed by atoms with Crippen LogP contribution in [0, 0.1) is 0 Å². The van der Waals surface area contributed by atoms with Crippen molar-refractivity contribution in [2.24, 2.45) is 5.73 Å². The van der Waals surface area contributed by atoms with Crippen molar-refractivity contribution in [1.82, 2.24) is 4.90 Å². The Labute approximate surface area is 137 Å². The summed E-state index contributed by atoms with van der Waals surface area (Å²) >= 11 is 0. The van der Waals surface area contributed by atoms with Crippen LogP contribution in [0.15, 0.2) is 12.1 Å². The van der Waals surface area contributed by atoms with Gasteiger partial charge in [-0.25, -0.2) is 4.79 Å². The first kappa shape index (κ1) is 17.4. The SMILES string of the molecule is COc1cc2c(c(OC)c1)[C@H](N)CCN(C(=O)OC(C)(C)C)C2. The van der Waals surface area contributed by atoms with Gasteiger partial charge in [0.2, 0.25) is 0 Å². The van der Waals surface area contributed by atoms with Crippen molar-refractivity contribution >= 4 is 6.09 Å². The maximum absolute atomic E-state index is 12.4. The fraction of sp³-hybridized carbons (Fsp3) is 0.588. The zero-order chi connectivity index (χ0) is 17.2. The van der Waals surface area contributed by atoms with Crippen LogP contribution in [0.5, 0.6) is 11.5 Å². The van der Waals surface area contributed by atoms with Gasteiger partial charge in [-0.1, -0.05) is 0 Å². The van der Waals surface area contributed by atoms with Crippen LogP contribution in [-0.2, 0) is 11.3 Å². The van der Waals surface area contributed by atoms with E-state index in [1.165, 1.54) is 0 Å². The van der Waals surface area contributed by atoms with Gasteiger partial charge >= 0.3 is 6.09 Å². The van der Waals surface area contributed by atoms with Gasteiger partial charge in [-0.2, -0.15) is 0 Å². The number of hydrogen-bond donors (Lipinski definition) is 1. The molecule has 1 aromatic carbocycles. The number of hydrogen-bond acceptors (Lipinski definition) is 5. The molecule has 1 aliphatic heterocycles. The van der Waals surface area contributed by atoms with Crippen LogP contribution in [-0.4, -0.2) is 37.4 Å². The second-order valence-electron chi connectivity index (χ2n) is 6.70. The zero-order valence-corrected chi connectivity index (χ0v) is 14.5. The fourth-order valence-electron chi connectivity index (χ4n) is 2.70. The van der Waals surface area contributed by atoms with Gasteiger partial charge < -0.3 is 24.8 Å². The summed E-state index contributed by atoms with van der Waals surface area (Å²) in [6, 6.07) is 3.53. The first-order valence-electron chi connectivity index (χ1n) is 7.73. The van der Waals surface area contributed by atoms with Gasteiger partial charge in [-0.15, -0.1) is 0 Å². The molecule has 1 amide bonds. The minimum absolute atomic E-state index is 0.196. The molecule has 2 rings (SSSR count). The molecule has 23 heavy (non-hydrogen) atoms. The zero-order valence-electron chi connectivity index (χ0n) is 14.5. The van der Waals surface area contributed by atoms with Crippen LogP contribution >= 0.6 is 0 Å². The minimum Gasteiger partial charge on any atom is -0.497 e. The van der Waals surface area contributed by atoms with E-state index in [1.807, 2.05) is 32.9 Å². The van der Waals surface area contributed by atoms with Crippen LogP contribution in [0.2, 0.25) is 0 Å². The molecular weight excluding hydrogens is 296 g/mol. The molecule has 0 radical (unpaired) electrons. The Morgan fingerprint density at radius 3 is 2.52 bits per heavy atom. The summed E-state index contributed by atoms with van der Waals surface area (Å²) in [5, 5.41) is 0. The normalized spacial score (nSPS) is 18.0. The average molecular weight is 322 g/mol. The number of rotatable bonds is 2. The molecule has 128 valence electrons. The smallest absolute Gasteiger partial charge is 0.410 e. The van der Waals surface area contributed by atoms with Gasteiger partial charge in [-0.05, 0) is 38.8 Å². The lowest BCUT2D eigenvalue weighted by atomic mass is 9.98. The largest absolute Gasteiger partial charge is 0.497 e. The van der Waals surface area contributed by atoms with Gasteiger partial charge in [0, 0.05) is 30.8 Å². The molecule has 1 aliphatic rings. The van der Waals surface area contributed by atoms with Crippen molar-refractivity contribution < 1.29 is 19.0 Å². The molecule has 0 saturated heterocycles. The summed E-state index contributed by atoms with van der Waals surface area (Å²) in [5.74, 6) is 1.37. The molecule has 0 saturated carbocycles. The highest BCUT2D eigenvalue weighted by atomic mass is 16.6. The molecule has 1 aromatic rings. The lowest BCUT2D eigenvalue weighted by molar-refractivity contribution is 0.0235. The maximum Gasteiger partial charge on any atom is 0.410 e.